The van der Waals surface area contributed by atoms with Crippen LogP contribution in [0.5, 0.6) is 0 Å². The van der Waals surface area contributed by atoms with Crippen LogP contribution in [-0.4, -0.2) is 38.5 Å². The molecule has 1 aliphatic heterocycles. The van der Waals surface area contributed by atoms with Crippen molar-refractivity contribution in [1.29, 1.82) is 0 Å². The number of hydrogen-bond donors (Lipinski definition) is 3. The molecule has 0 aliphatic carbocycles. The maximum absolute atomic E-state index is 11.9. The van der Waals surface area contributed by atoms with Gasteiger partial charge in [0.15, 0.2) is 0 Å². The third kappa shape index (κ3) is 4.00. The van der Waals surface area contributed by atoms with Crippen molar-refractivity contribution in [3.05, 3.63) is 0 Å². The molecule has 0 aromatic carbocycles. The number of piperidine rings is 1. The number of nitrogens with one attached hydrogen (secondary N) is 3. The summed E-state index contributed by atoms with van der Waals surface area (Å²) in [6.07, 6.45) is 1.97. The van der Waals surface area contributed by atoms with E-state index in [0.717, 1.165) is 25.9 Å². The zero-order valence-corrected chi connectivity index (χ0v) is 10.9. The number of rotatable bonds is 4. The lowest BCUT2D eigenvalue weighted by molar-refractivity contribution is -0.130. The number of carbonyl (C=O) groups excluding carboxylic acids is 2. The molecule has 0 aromatic heterocycles. The van der Waals surface area contributed by atoms with Crippen LogP contribution in [0.1, 0.15) is 26.7 Å². The van der Waals surface area contributed by atoms with Crippen LogP contribution in [0.25, 0.3) is 0 Å². The van der Waals surface area contributed by atoms with Gasteiger partial charge in [-0.3, -0.25) is 9.59 Å². The molecule has 1 aliphatic rings. The maximum Gasteiger partial charge on any atom is 0.227 e. The molecule has 5 nitrogen and oxygen atoms in total. The Hall–Kier alpha value is -1.10. The van der Waals surface area contributed by atoms with Gasteiger partial charge >= 0.3 is 0 Å². The van der Waals surface area contributed by atoms with E-state index in [4.69, 9.17) is 0 Å². The molecule has 0 saturated carbocycles. The van der Waals surface area contributed by atoms with Gasteiger partial charge in [-0.25, -0.2) is 0 Å². The molecule has 1 rings (SSSR count). The van der Waals surface area contributed by atoms with Gasteiger partial charge in [0.25, 0.3) is 0 Å². The van der Waals surface area contributed by atoms with E-state index < -0.39 is 5.41 Å². The monoisotopic (exact) mass is 241 g/mol. The topological polar surface area (TPSA) is 70.2 Å². The molecule has 1 saturated heterocycles. The molecule has 0 unspecified atom stereocenters. The first-order valence-electron chi connectivity index (χ1n) is 6.18. The molecule has 0 radical (unpaired) electrons. The van der Waals surface area contributed by atoms with Crippen molar-refractivity contribution in [2.45, 2.75) is 26.7 Å². The van der Waals surface area contributed by atoms with E-state index in [1.54, 1.807) is 7.05 Å². The number of amides is 2. The van der Waals surface area contributed by atoms with Gasteiger partial charge in [-0.05, 0) is 33.2 Å². The minimum absolute atomic E-state index is 0.0456. The Morgan fingerprint density at radius 3 is 2.65 bits per heavy atom. The predicted molar refractivity (Wildman–Crippen MR) is 66.5 cm³/mol. The summed E-state index contributed by atoms with van der Waals surface area (Å²) in [6, 6.07) is 0. The fraction of sp³-hybridized carbons (Fsp3) is 0.833. The highest BCUT2D eigenvalue weighted by molar-refractivity contribution is 5.83. The molecule has 0 spiro atoms. The van der Waals surface area contributed by atoms with Crippen molar-refractivity contribution >= 4 is 11.8 Å². The lowest BCUT2D eigenvalue weighted by Crippen LogP contribution is -2.47. The maximum atomic E-state index is 11.9. The van der Waals surface area contributed by atoms with Crippen molar-refractivity contribution in [1.82, 2.24) is 16.0 Å². The quantitative estimate of drug-likeness (QED) is 0.642. The standard InChI is InChI=1S/C12H23N3O2/c1-12(2,11(17)13-3)8-15-10(16)9-5-4-6-14-7-9/h9,14H,4-8H2,1-3H3,(H,13,17)(H,15,16)/t9-/m0/s1. The van der Waals surface area contributed by atoms with Crippen LogP contribution in [0.3, 0.4) is 0 Å². The van der Waals surface area contributed by atoms with Crippen LogP contribution < -0.4 is 16.0 Å². The largest absolute Gasteiger partial charge is 0.359 e. The second-order valence-corrected chi connectivity index (χ2v) is 5.22. The highest BCUT2D eigenvalue weighted by Gasteiger charge is 2.28. The Labute approximate surface area is 103 Å². The van der Waals surface area contributed by atoms with Crippen molar-refractivity contribution in [3.63, 3.8) is 0 Å². The van der Waals surface area contributed by atoms with Gasteiger partial charge in [0.05, 0.1) is 11.3 Å². The summed E-state index contributed by atoms with van der Waals surface area (Å²) >= 11 is 0. The molecule has 1 atom stereocenters. The van der Waals surface area contributed by atoms with Crippen LogP contribution in [0.4, 0.5) is 0 Å². The Kier molecular flexibility index (Phi) is 4.93. The first kappa shape index (κ1) is 14.0. The Morgan fingerprint density at radius 1 is 1.41 bits per heavy atom. The van der Waals surface area contributed by atoms with Crippen LogP contribution >= 0.6 is 0 Å². The minimum Gasteiger partial charge on any atom is -0.359 e. The second kappa shape index (κ2) is 6.00. The van der Waals surface area contributed by atoms with Crippen molar-refractivity contribution in [3.8, 4) is 0 Å². The third-order valence-electron chi connectivity index (χ3n) is 3.21. The summed E-state index contributed by atoms with van der Waals surface area (Å²) in [4.78, 5) is 23.4. The lowest BCUT2D eigenvalue weighted by Gasteiger charge is -2.26. The van der Waals surface area contributed by atoms with Gasteiger partial charge in [0.2, 0.25) is 11.8 Å². The number of carbonyl (C=O) groups is 2. The molecular weight excluding hydrogens is 218 g/mol. The van der Waals surface area contributed by atoms with Crippen LogP contribution in [-0.2, 0) is 9.59 Å². The molecule has 2 amide bonds. The molecule has 5 heteroatoms. The van der Waals surface area contributed by atoms with E-state index in [2.05, 4.69) is 16.0 Å². The van der Waals surface area contributed by atoms with Gasteiger partial charge in [-0.15, -0.1) is 0 Å². The zero-order chi connectivity index (χ0) is 12.9. The third-order valence-corrected chi connectivity index (χ3v) is 3.21. The van der Waals surface area contributed by atoms with E-state index in [1.807, 2.05) is 13.8 Å². The average Bonchev–Trinajstić information content (AvgIpc) is 2.36. The molecule has 17 heavy (non-hydrogen) atoms. The van der Waals surface area contributed by atoms with E-state index in [9.17, 15) is 9.59 Å². The molecule has 0 bridgehead atoms. The zero-order valence-electron chi connectivity index (χ0n) is 10.9. The van der Waals surface area contributed by atoms with Crippen molar-refractivity contribution < 1.29 is 9.59 Å². The molecular formula is C12H23N3O2. The minimum atomic E-state index is -0.563. The summed E-state index contributed by atoms with van der Waals surface area (Å²) in [5.41, 5.74) is -0.563. The normalized spacial score (nSPS) is 20.8. The van der Waals surface area contributed by atoms with Gasteiger partial charge in [0, 0.05) is 20.1 Å². The molecule has 1 fully saturated rings. The van der Waals surface area contributed by atoms with E-state index in [-0.39, 0.29) is 17.7 Å². The van der Waals surface area contributed by atoms with Gasteiger partial charge < -0.3 is 16.0 Å². The van der Waals surface area contributed by atoms with Gasteiger partial charge in [0.1, 0.15) is 0 Å². The van der Waals surface area contributed by atoms with Crippen LogP contribution in [0.15, 0.2) is 0 Å². The smallest absolute Gasteiger partial charge is 0.227 e. The van der Waals surface area contributed by atoms with Crippen molar-refractivity contribution in [2.75, 3.05) is 26.7 Å². The first-order chi connectivity index (χ1) is 7.97. The van der Waals surface area contributed by atoms with Crippen molar-refractivity contribution in [2.24, 2.45) is 11.3 Å². The fourth-order valence-corrected chi connectivity index (χ4v) is 1.95. The second-order valence-electron chi connectivity index (χ2n) is 5.22. The van der Waals surface area contributed by atoms with Gasteiger partial charge in [-0.1, -0.05) is 0 Å². The highest BCUT2D eigenvalue weighted by Crippen LogP contribution is 2.15. The summed E-state index contributed by atoms with van der Waals surface area (Å²) in [5.74, 6) is 0.0398. The number of hydrogen-bond acceptors (Lipinski definition) is 3. The summed E-state index contributed by atoms with van der Waals surface area (Å²) < 4.78 is 0. The van der Waals surface area contributed by atoms with E-state index in [0.29, 0.717) is 6.54 Å². The molecule has 1 heterocycles. The molecule has 3 N–H and O–H groups in total. The van der Waals surface area contributed by atoms with Crippen LogP contribution in [0.2, 0.25) is 0 Å². The lowest BCUT2D eigenvalue weighted by atomic mass is 9.91. The Balaban J connectivity index is 2.39. The molecule has 98 valence electrons. The van der Waals surface area contributed by atoms with Crippen LogP contribution in [0, 0.1) is 11.3 Å². The fourth-order valence-electron chi connectivity index (χ4n) is 1.95. The average molecular weight is 241 g/mol. The predicted octanol–water partition coefficient (Wildman–Crippen LogP) is -0.126. The summed E-state index contributed by atoms with van der Waals surface area (Å²) in [7, 11) is 1.61. The summed E-state index contributed by atoms with van der Waals surface area (Å²) in [6.45, 7) is 5.76. The SMILES string of the molecule is CNC(=O)C(C)(C)CNC(=O)[C@H]1CCCNC1. The Morgan fingerprint density at radius 2 is 2.12 bits per heavy atom. The summed E-state index contributed by atoms with van der Waals surface area (Å²) in [5, 5.41) is 8.68. The van der Waals surface area contributed by atoms with E-state index >= 15 is 0 Å². The van der Waals surface area contributed by atoms with Gasteiger partial charge in [-0.2, -0.15) is 0 Å². The Bertz CT molecular complexity index is 283. The highest BCUT2D eigenvalue weighted by atomic mass is 16.2. The first-order valence-corrected chi connectivity index (χ1v) is 6.18. The van der Waals surface area contributed by atoms with E-state index in [1.165, 1.54) is 0 Å². The molecule has 0 aromatic rings.